The van der Waals surface area contributed by atoms with Crippen LogP contribution in [0.15, 0.2) is 16.9 Å². The molecule has 7 heteroatoms. The Balaban J connectivity index is 1.41. The summed E-state index contributed by atoms with van der Waals surface area (Å²) in [6.07, 6.45) is 7.04. The Bertz CT molecular complexity index is 512. The van der Waals surface area contributed by atoms with Gasteiger partial charge in [0.1, 0.15) is 0 Å². The van der Waals surface area contributed by atoms with Crippen LogP contribution in [0.25, 0.3) is 0 Å². The van der Waals surface area contributed by atoms with E-state index in [1.807, 2.05) is 4.90 Å². The van der Waals surface area contributed by atoms with Gasteiger partial charge < -0.3 is 14.4 Å². The predicted molar refractivity (Wildman–Crippen MR) is 88.1 cm³/mol. The van der Waals surface area contributed by atoms with Crippen LogP contribution >= 0.6 is 15.9 Å². The molecule has 23 heavy (non-hydrogen) atoms. The van der Waals surface area contributed by atoms with E-state index in [1.165, 1.54) is 0 Å². The minimum atomic E-state index is 0.160. The summed E-state index contributed by atoms with van der Waals surface area (Å²) in [5, 5.41) is 0. The summed E-state index contributed by atoms with van der Waals surface area (Å²) in [6, 6.07) is 0.411. The molecule has 2 fully saturated rings. The van der Waals surface area contributed by atoms with Gasteiger partial charge in [-0.05, 0) is 47.5 Å². The lowest BCUT2D eigenvalue weighted by Gasteiger charge is -2.35. The Kier molecular flexibility index (Phi) is 5.83. The predicted octanol–water partition coefficient (Wildman–Crippen LogP) is 2.28. The van der Waals surface area contributed by atoms with Crippen LogP contribution in [0.3, 0.4) is 0 Å². The van der Waals surface area contributed by atoms with Crippen molar-refractivity contribution < 1.29 is 14.3 Å². The second kappa shape index (κ2) is 8.06. The molecule has 0 spiro atoms. The molecule has 0 unspecified atom stereocenters. The lowest BCUT2D eigenvalue weighted by Crippen LogP contribution is -2.43. The topological polar surface area (TPSA) is 64.5 Å². The van der Waals surface area contributed by atoms with Crippen LogP contribution in [0.5, 0.6) is 6.01 Å². The summed E-state index contributed by atoms with van der Waals surface area (Å²) < 4.78 is 11.8. The minimum Gasteiger partial charge on any atom is -0.463 e. The van der Waals surface area contributed by atoms with Gasteiger partial charge >= 0.3 is 6.01 Å². The van der Waals surface area contributed by atoms with E-state index in [2.05, 4.69) is 25.9 Å². The molecule has 3 heterocycles. The molecule has 0 aliphatic carbocycles. The standard InChI is InChI=1S/C16H22BrN3O3/c17-14-9-18-16(19-10-14)23-11-12-1-5-20(6-2-12)15(21)13-3-7-22-8-4-13/h9-10,12-13H,1-8,11H2. The molecule has 2 aliphatic rings. The van der Waals surface area contributed by atoms with E-state index in [0.717, 1.165) is 43.2 Å². The molecule has 0 aromatic carbocycles. The summed E-state index contributed by atoms with van der Waals surface area (Å²) in [7, 11) is 0. The molecule has 0 bridgehead atoms. The maximum Gasteiger partial charge on any atom is 0.316 e. The Hall–Kier alpha value is -1.21. The Morgan fingerprint density at radius 2 is 1.87 bits per heavy atom. The third-order valence-electron chi connectivity index (χ3n) is 4.54. The molecule has 0 radical (unpaired) electrons. The molecule has 1 aromatic rings. The smallest absolute Gasteiger partial charge is 0.316 e. The number of ether oxygens (including phenoxy) is 2. The Morgan fingerprint density at radius 1 is 1.22 bits per heavy atom. The van der Waals surface area contributed by atoms with Gasteiger partial charge in [-0.2, -0.15) is 0 Å². The molecule has 0 N–H and O–H groups in total. The van der Waals surface area contributed by atoms with Gasteiger partial charge in [-0.25, -0.2) is 9.97 Å². The van der Waals surface area contributed by atoms with Crippen LogP contribution in [0, 0.1) is 11.8 Å². The number of halogens is 1. The molecule has 126 valence electrons. The fourth-order valence-electron chi connectivity index (χ4n) is 3.09. The average molecular weight is 384 g/mol. The third-order valence-corrected chi connectivity index (χ3v) is 4.95. The molecule has 1 aromatic heterocycles. The van der Waals surface area contributed by atoms with E-state index in [1.54, 1.807) is 12.4 Å². The van der Waals surface area contributed by atoms with Crippen molar-refractivity contribution in [3.8, 4) is 6.01 Å². The summed E-state index contributed by atoms with van der Waals surface area (Å²) in [5.74, 6) is 0.928. The number of amides is 1. The maximum atomic E-state index is 12.5. The van der Waals surface area contributed by atoms with Crippen molar-refractivity contribution in [1.82, 2.24) is 14.9 Å². The number of hydrogen-bond acceptors (Lipinski definition) is 5. The SMILES string of the molecule is O=C(C1CCOCC1)N1CCC(COc2ncc(Br)cn2)CC1. The van der Waals surface area contributed by atoms with Crippen LogP contribution in [0.1, 0.15) is 25.7 Å². The zero-order chi connectivity index (χ0) is 16.1. The van der Waals surface area contributed by atoms with Gasteiger partial charge in [-0.1, -0.05) is 0 Å². The number of likely N-dealkylation sites (tertiary alicyclic amines) is 1. The van der Waals surface area contributed by atoms with E-state index in [0.29, 0.717) is 37.7 Å². The normalized spacial score (nSPS) is 20.5. The number of carbonyl (C=O) groups is 1. The van der Waals surface area contributed by atoms with Gasteiger partial charge in [0.15, 0.2) is 0 Å². The maximum absolute atomic E-state index is 12.5. The van der Waals surface area contributed by atoms with Gasteiger partial charge in [0.05, 0.1) is 11.1 Å². The number of nitrogens with zero attached hydrogens (tertiary/aromatic N) is 3. The van der Waals surface area contributed by atoms with Gasteiger partial charge in [0.2, 0.25) is 5.91 Å². The Morgan fingerprint density at radius 3 is 2.52 bits per heavy atom. The highest BCUT2D eigenvalue weighted by Gasteiger charge is 2.29. The summed E-state index contributed by atoms with van der Waals surface area (Å²) in [5.41, 5.74) is 0. The zero-order valence-electron chi connectivity index (χ0n) is 13.1. The van der Waals surface area contributed by atoms with Crippen molar-refractivity contribution in [3.05, 3.63) is 16.9 Å². The van der Waals surface area contributed by atoms with Crippen molar-refractivity contribution in [3.63, 3.8) is 0 Å². The second-order valence-electron chi connectivity index (χ2n) is 6.15. The molecule has 2 aliphatic heterocycles. The first-order chi connectivity index (χ1) is 11.2. The lowest BCUT2D eigenvalue weighted by atomic mass is 9.94. The van der Waals surface area contributed by atoms with E-state index < -0.39 is 0 Å². The van der Waals surface area contributed by atoms with Gasteiger partial charge in [-0.3, -0.25) is 4.79 Å². The monoisotopic (exact) mass is 383 g/mol. The average Bonchev–Trinajstić information content (AvgIpc) is 2.62. The van der Waals surface area contributed by atoms with Crippen molar-refractivity contribution in [2.24, 2.45) is 11.8 Å². The number of hydrogen-bond donors (Lipinski definition) is 0. The molecular weight excluding hydrogens is 362 g/mol. The summed E-state index contributed by atoms with van der Waals surface area (Å²) in [6.45, 7) is 3.69. The fourth-order valence-corrected chi connectivity index (χ4v) is 3.29. The van der Waals surface area contributed by atoms with E-state index in [9.17, 15) is 4.79 Å². The number of piperidine rings is 1. The first-order valence-electron chi connectivity index (χ1n) is 8.19. The van der Waals surface area contributed by atoms with Crippen LogP contribution in [-0.4, -0.2) is 53.7 Å². The van der Waals surface area contributed by atoms with Crippen LogP contribution in [-0.2, 0) is 9.53 Å². The molecule has 2 saturated heterocycles. The van der Waals surface area contributed by atoms with Gasteiger partial charge in [-0.15, -0.1) is 0 Å². The van der Waals surface area contributed by atoms with Crippen molar-refractivity contribution in [1.29, 1.82) is 0 Å². The van der Waals surface area contributed by atoms with Crippen molar-refractivity contribution in [2.75, 3.05) is 32.9 Å². The Labute approximate surface area is 144 Å². The minimum absolute atomic E-state index is 0.160. The molecular formula is C16H22BrN3O3. The van der Waals surface area contributed by atoms with Crippen LogP contribution < -0.4 is 4.74 Å². The second-order valence-corrected chi connectivity index (χ2v) is 7.07. The van der Waals surface area contributed by atoms with Crippen molar-refractivity contribution in [2.45, 2.75) is 25.7 Å². The number of aromatic nitrogens is 2. The molecule has 0 atom stereocenters. The van der Waals surface area contributed by atoms with Gasteiger partial charge in [0, 0.05) is 44.6 Å². The third kappa shape index (κ3) is 4.64. The molecule has 3 rings (SSSR count). The highest BCUT2D eigenvalue weighted by atomic mass is 79.9. The van der Waals surface area contributed by atoms with Crippen LogP contribution in [0.2, 0.25) is 0 Å². The highest BCUT2D eigenvalue weighted by molar-refractivity contribution is 9.10. The first-order valence-corrected chi connectivity index (χ1v) is 8.98. The zero-order valence-corrected chi connectivity index (χ0v) is 14.7. The van der Waals surface area contributed by atoms with E-state index >= 15 is 0 Å². The van der Waals surface area contributed by atoms with Crippen LogP contribution in [0.4, 0.5) is 0 Å². The largest absolute Gasteiger partial charge is 0.463 e. The van der Waals surface area contributed by atoms with E-state index in [-0.39, 0.29) is 5.92 Å². The molecule has 0 saturated carbocycles. The summed E-state index contributed by atoms with van der Waals surface area (Å²) in [4.78, 5) is 22.7. The van der Waals surface area contributed by atoms with E-state index in [4.69, 9.17) is 9.47 Å². The molecule has 1 amide bonds. The number of rotatable bonds is 4. The fraction of sp³-hybridized carbons (Fsp3) is 0.688. The molecule has 6 nitrogen and oxygen atoms in total. The quantitative estimate of drug-likeness (QED) is 0.797. The highest BCUT2D eigenvalue weighted by Crippen LogP contribution is 2.23. The lowest BCUT2D eigenvalue weighted by molar-refractivity contribution is -0.140. The van der Waals surface area contributed by atoms with Gasteiger partial charge in [0.25, 0.3) is 0 Å². The first kappa shape index (κ1) is 16.6. The number of carbonyl (C=O) groups excluding carboxylic acids is 1. The van der Waals surface area contributed by atoms with Crippen molar-refractivity contribution >= 4 is 21.8 Å². The summed E-state index contributed by atoms with van der Waals surface area (Å²) >= 11 is 3.30.